The van der Waals surface area contributed by atoms with Crippen molar-refractivity contribution in [2.75, 3.05) is 11.9 Å². The van der Waals surface area contributed by atoms with E-state index in [1.165, 1.54) is 0 Å². The molecule has 5 nitrogen and oxygen atoms in total. The van der Waals surface area contributed by atoms with Gasteiger partial charge >= 0.3 is 0 Å². The lowest BCUT2D eigenvalue weighted by atomic mass is 10.1. The molecule has 5 heteroatoms. The molecular weight excluding hydrogens is 276 g/mol. The number of rotatable bonds is 6. The van der Waals surface area contributed by atoms with Crippen LogP contribution >= 0.6 is 0 Å². The normalized spacial score (nSPS) is 10.6. The number of H-pyrrole nitrogens is 1. The molecule has 2 heterocycles. The van der Waals surface area contributed by atoms with Crippen LogP contribution in [0.3, 0.4) is 0 Å². The van der Waals surface area contributed by atoms with Crippen LogP contribution in [0.25, 0.3) is 11.3 Å². The van der Waals surface area contributed by atoms with Crippen LogP contribution in [0.2, 0.25) is 0 Å². The van der Waals surface area contributed by atoms with Gasteiger partial charge in [-0.3, -0.25) is 10.1 Å². The van der Waals surface area contributed by atoms with Crippen LogP contribution in [0.15, 0.2) is 55.0 Å². The van der Waals surface area contributed by atoms with Crippen molar-refractivity contribution >= 4 is 5.69 Å². The molecule has 0 aliphatic carbocycles. The number of aliphatic hydroxyl groups is 1. The maximum absolute atomic E-state index is 8.92. The molecule has 0 spiro atoms. The molecule has 2 aromatic heterocycles. The minimum Gasteiger partial charge on any atom is -0.396 e. The average Bonchev–Trinajstić information content (AvgIpc) is 3.04. The van der Waals surface area contributed by atoms with Crippen molar-refractivity contribution < 1.29 is 5.11 Å². The molecule has 3 rings (SSSR count). The third-order valence-electron chi connectivity index (χ3n) is 3.51. The molecule has 1 aromatic carbocycles. The summed E-state index contributed by atoms with van der Waals surface area (Å²) in [6, 6.07) is 12.0. The monoisotopic (exact) mass is 294 g/mol. The lowest BCUT2D eigenvalue weighted by Gasteiger charge is -2.08. The Morgan fingerprint density at radius 1 is 1.09 bits per heavy atom. The number of nitrogens with one attached hydrogen (secondary N) is 2. The number of nitrogens with zero attached hydrogens (tertiary/aromatic N) is 2. The number of aliphatic hydroxyl groups excluding tert-OH is 1. The van der Waals surface area contributed by atoms with E-state index < -0.39 is 0 Å². The predicted octanol–water partition coefficient (Wildman–Crippen LogP) is 2.62. The number of anilines is 1. The van der Waals surface area contributed by atoms with E-state index in [0.717, 1.165) is 28.1 Å². The van der Waals surface area contributed by atoms with Crippen molar-refractivity contribution in [2.45, 2.75) is 13.0 Å². The Kier molecular flexibility index (Phi) is 4.46. The van der Waals surface area contributed by atoms with Gasteiger partial charge < -0.3 is 10.4 Å². The van der Waals surface area contributed by atoms with Crippen molar-refractivity contribution in [3.05, 3.63) is 66.1 Å². The van der Waals surface area contributed by atoms with Crippen LogP contribution in [0.5, 0.6) is 0 Å². The zero-order valence-electron chi connectivity index (χ0n) is 12.2. The van der Waals surface area contributed by atoms with Crippen molar-refractivity contribution in [3.8, 4) is 11.3 Å². The molecule has 0 aliphatic heterocycles. The van der Waals surface area contributed by atoms with Crippen LogP contribution in [-0.2, 0) is 13.0 Å². The minimum absolute atomic E-state index is 0.177. The zero-order valence-corrected chi connectivity index (χ0v) is 12.2. The molecule has 0 atom stereocenters. The molecule has 0 aliphatic rings. The van der Waals surface area contributed by atoms with Gasteiger partial charge in [0.05, 0.1) is 11.9 Å². The first-order chi connectivity index (χ1) is 10.9. The Morgan fingerprint density at radius 3 is 2.68 bits per heavy atom. The Morgan fingerprint density at radius 2 is 1.95 bits per heavy atom. The summed E-state index contributed by atoms with van der Waals surface area (Å²) in [4.78, 5) is 4.14. The number of hydrogen-bond donors (Lipinski definition) is 3. The van der Waals surface area contributed by atoms with E-state index >= 15 is 0 Å². The lowest BCUT2D eigenvalue weighted by Crippen LogP contribution is -2.00. The van der Waals surface area contributed by atoms with Gasteiger partial charge in [-0.1, -0.05) is 12.1 Å². The Bertz CT molecular complexity index is 707. The molecule has 3 aromatic rings. The molecule has 0 bridgehead atoms. The summed E-state index contributed by atoms with van der Waals surface area (Å²) in [6.45, 7) is 0.857. The highest BCUT2D eigenvalue weighted by Gasteiger charge is 2.07. The van der Waals surface area contributed by atoms with E-state index in [9.17, 15) is 0 Å². The number of pyridine rings is 1. The molecular formula is C17H18N4O. The maximum atomic E-state index is 8.92. The number of aromatic nitrogens is 3. The van der Waals surface area contributed by atoms with Gasteiger partial charge in [0, 0.05) is 42.4 Å². The summed E-state index contributed by atoms with van der Waals surface area (Å²) >= 11 is 0. The van der Waals surface area contributed by atoms with Gasteiger partial charge in [-0.15, -0.1) is 0 Å². The molecule has 0 radical (unpaired) electrons. The van der Waals surface area contributed by atoms with Crippen molar-refractivity contribution in [2.24, 2.45) is 0 Å². The Labute approximate surface area is 129 Å². The minimum atomic E-state index is 0.177. The summed E-state index contributed by atoms with van der Waals surface area (Å²) in [5.74, 6) is 0. The molecule has 0 fully saturated rings. The quantitative estimate of drug-likeness (QED) is 0.653. The summed E-state index contributed by atoms with van der Waals surface area (Å²) < 4.78 is 0. The Balaban J connectivity index is 1.68. The van der Waals surface area contributed by atoms with Gasteiger partial charge in [-0.05, 0) is 36.2 Å². The van der Waals surface area contributed by atoms with E-state index in [-0.39, 0.29) is 6.61 Å². The van der Waals surface area contributed by atoms with Crippen molar-refractivity contribution in [3.63, 3.8) is 0 Å². The number of benzene rings is 1. The van der Waals surface area contributed by atoms with Crippen molar-refractivity contribution in [1.82, 2.24) is 15.2 Å². The molecule has 0 saturated heterocycles. The maximum Gasteiger partial charge on any atom is 0.0715 e. The average molecular weight is 294 g/mol. The summed E-state index contributed by atoms with van der Waals surface area (Å²) in [5.41, 5.74) is 5.27. The van der Waals surface area contributed by atoms with Crippen LogP contribution < -0.4 is 5.32 Å². The highest BCUT2D eigenvalue weighted by Crippen LogP contribution is 2.21. The topological polar surface area (TPSA) is 73.8 Å². The van der Waals surface area contributed by atoms with E-state index in [2.05, 4.69) is 20.5 Å². The highest BCUT2D eigenvalue weighted by molar-refractivity contribution is 5.62. The molecule has 0 saturated carbocycles. The van der Waals surface area contributed by atoms with Gasteiger partial charge in [0.2, 0.25) is 0 Å². The highest BCUT2D eigenvalue weighted by atomic mass is 16.2. The SMILES string of the molecule is OCCc1ccc(NCc2cn[nH]c2-c2cccnc2)cc1. The van der Waals surface area contributed by atoms with Crippen LogP contribution in [0, 0.1) is 0 Å². The fourth-order valence-electron chi connectivity index (χ4n) is 2.32. The van der Waals surface area contributed by atoms with E-state index in [0.29, 0.717) is 13.0 Å². The second kappa shape index (κ2) is 6.87. The first-order valence-corrected chi connectivity index (χ1v) is 7.23. The molecule has 0 amide bonds. The third-order valence-corrected chi connectivity index (χ3v) is 3.51. The van der Waals surface area contributed by atoms with Gasteiger partial charge in [0.1, 0.15) is 0 Å². The number of aromatic amines is 1. The second-order valence-electron chi connectivity index (χ2n) is 5.04. The van der Waals surface area contributed by atoms with Crippen LogP contribution in [0.1, 0.15) is 11.1 Å². The largest absolute Gasteiger partial charge is 0.396 e. The summed E-state index contributed by atoms with van der Waals surface area (Å²) in [5, 5.41) is 19.5. The van der Waals surface area contributed by atoms with Crippen molar-refractivity contribution in [1.29, 1.82) is 0 Å². The fraction of sp³-hybridized carbons (Fsp3) is 0.176. The second-order valence-corrected chi connectivity index (χ2v) is 5.04. The first kappa shape index (κ1) is 14.3. The van der Waals surface area contributed by atoms with E-state index in [4.69, 9.17) is 5.11 Å². The smallest absolute Gasteiger partial charge is 0.0715 e. The Hall–Kier alpha value is -2.66. The summed E-state index contributed by atoms with van der Waals surface area (Å²) in [6.07, 6.45) is 6.09. The van der Waals surface area contributed by atoms with E-state index in [1.54, 1.807) is 6.20 Å². The lowest BCUT2D eigenvalue weighted by molar-refractivity contribution is 0.299. The number of hydrogen-bond acceptors (Lipinski definition) is 4. The molecule has 112 valence electrons. The third kappa shape index (κ3) is 3.32. The van der Waals surface area contributed by atoms with Gasteiger partial charge in [-0.25, -0.2) is 0 Å². The van der Waals surface area contributed by atoms with Gasteiger partial charge in [0.15, 0.2) is 0 Å². The zero-order chi connectivity index (χ0) is 15.2. The van der Waals surface area contributed by atoms with Crippen LogP contribution in [-0.4, -0.2) is 26.9 Å². The molecule has 0 unspecified atom stereocenters. The molecule has 22 heavy (non-hydrogen) atoms. The predicted molar refractivity (Wildman–Crippen MR) is 86.4 cm³/mol. The van der Waals surface area contributed by atoms with E-state index in [1.807, 2.05) is 48.8 Å². The van der Waals surface area contributed by atoms with Gasteiger partial charge in [-0.2, -0.15) is 5.10 Å². The van der Waals surface area contributed by atoms with Gasteiger partial charge in [0.25, 0.3) is 0 Å². The van der Waals surface area contributed by atoms with Crippen LogP contribution in [0.4, 0.5) is 5.69 Å². The summed E-state index contributed by atoms with van der Waals surface area (Å²) in [7, 11) is 0. The standard InChI is InChI=1S/C17H18N4O/c22-9-7-13-3-5-16(6-4-13)19-11-15-12-20-21-17(15)14-2-1-8-18-10-14/h1-6,8,10,12,19,22H,7,9,11H2,(H,20,21). The molecule has 3 N–H and O–H groups in total. The first-order valence-electron chi connectivity index (χ1n) is 7.23. The fourth-order valence-corrected chi connectivity index (χ4v) is 2.32.